The summed E-state index contributed by atoms with van der Waals surface area (Å²) in [6.45, 7) is 8.12. The maximum absolute atomic E-state index is 11.3. The Hall–Kier alpha value is -2.01. The van der Waals surface area contributed by atoms with Gasteiger partial charge < -0.3 is 15.5 Å². The SMILES string of the molecule is C[C@@H](Nc1ccc(Cl)c(C(N)=O)c1)c1ncc(C(C)(C)C)o1. The average Bonchev–Trinajstić information content (AvgIpc) is 2.90. The topological polar surface area (TPSA) is 81.1 Å². The van der Waals surface area contributed by atoms with Crippen molar-refractivity contribution in [3.05, 3.63) is 46.6 Å². The highest BCUT2D eigenvalue weighted by Gasteiger charge is 2.21. The zero-order valence-electron chi connectivity index (χ0n) is 13.1. The fraction of sp³-hybridized carbons (Fsp3) is 0.375. The molecule has 0 bridgehead atoms. The maximum Gasteiger partial charge on any atom is 0.250 e. The van der Waals surface area contributed by atoms with Crippen molar-refractivity contribution in [3.63, 3.8) is 0 Å². The monoisotopic (exact) mass is 321 g/mol. The highest BCUT2D eigenvalue weighted by Crippen LogP contribution is 2.27. The van der Waals surface area contributed by atoms with Crippen LogP contribution in [0.2, 0.25) is 5.02 Å². The number of amides is 1. The van der Waals surface area contributed by atoms with Crippen LogP contribution in [0.4, 0.5) is 5.69 Å². The number of rotatable bonds is 4. The molecule has 2 rings (SSSR count). The lowest BCUT2D eigenvalue weighted by Crippen LogP contribution is -2.13. The molecule has 5 nitrogen and oxygen atoms in total. The van der Waals surface area contributed by atoms with E-state index in [2.05, 4.69) is 31.1 Å². The number of nitrogens with zero attached hydrogens (tertiary/aromatic N) is 1. The summed E-state index contributed by atoms with van der Waals surface area (Å²) in [5.41, 5.74) is 6.20. The minimum atomic E-state index is -0.563. The summed E-state index contributed by atoms with van der Waals surface area (Å²) in [5, 5.41) is 3.55. The molecule has 118 valence electrons. The molecule has 1 aromatic carbocycles. The van der Waals surface area contributed by atoms with E-state index < -0.39 is 5.91 Å². The molecule has 22 heavy (non-hydrogen) atoms. The second-order valence-electron chi connectivity index (χ2n) is 6.24. The summed E-state index contributed by atoms with van der Waals surface area (Å²) in [4.78, 5) is 15.6. The van der Waals surface area contributed by atoms with Crippen molar-refractivity contribution >= 4 is 23.2 Å². The number of hydrogen-bond acceptors (Lipinski definition) is 4. The van der Waals surface area contributed by atoms with Gasteiger partial charge >= 0.3 is 0 Å². The summed E-state index contributed by atoms with van der Waals surface area (Å²) in [7, 11) is 0. The first-order valence-electron chi connectivity index (χ1n) is 7.00. The van der Waals surface area contributed by atoms with Crippen molar-refractivity contribution in [2.75, 3.05) is 5.32 Å². The molecular formula is C16H20ClN3O2. The van der Waals surface area contributed by atoms with Crippen LogP contribution in [-0.2, 0) is 5.41 Å². The third-order valence-corrected chi connectivity index (χ3v) is 3.58. The summed E-state index contributed by atoms with van der Waals surface area (Å²) in [6, 6.07) is 4.87. The molecule has 0 radical (unpaired) electrons. The highest BCUT2D eigenvalue weighted by molar-refractivity contribution is 6.33. The quantitative estimate of drug-likeness (QED) is 0.894. The van der Waals surface area contributed by atoms with Crippen molar-refractivity contribution in [1.82, 2.24) is 4.98 Å². The zero-order valence-corrected chi connectivity index (χ0v) is 13.9. The van der Waals surface area contributed by atoms with E-state index >= 15 is 0 Å². The molecule has 2 aromatic rings. The smallest absolute Gasteiger partial charge is 0.250 e. The van der Waals surface area contributed by atoms with Crippen LogP contribution in [0.3, 0.4) is 0 Å². The molecule has 3 N–H and O–H groups in total. The van der Waals surface area contributed by atoms with E-state index in [1.165, 1.54) is 0 Å². The molecule has 0 unspecified atom stereocenters. The van der Waals surface area contributed by atoms with Crippen LogP contribution in [0, 0.1) is 0 Å². The molecule has 0 fully saturated rings. The summed E-state index contributed by atoms with van der Waals surface area (Å²) in [5.74, 6) is 0.845. The first-order valence-corrected chi connectivity index (χ1v) is 7.38. The number of nitrogens with two attached hydrogens (primary N) is 1. The molecule has 0 saturated carbocycles. The van der Waals surface area contributed by atoms with Crippen molar-refractivity contribution in [2.24, 2.45) is 5.73 Å². The second kappa shape index (κ2) is 6.01. The average molecular weight is 322 g/mol. The molecule has 0 saturated heterocycles. The Balaban J connectivity index is 2.18. The minimum absolute atomic E-state index is 0.0929. The summed E-state index contributed by atoms with van der Waals surface area (Å²) < 4.78 is 5.79. The number of carbonyl (C=O) groups excluding carboxylic acids is 1. The molecule has 0 aliphatic carbocycles. The predicted molar refractivity (Wildman–Crippen MR) is 87.2 cm³/mol. The van der Waals surface area contributed by atoms with Gasteiger partial charge in [-0.05, 0) is 25.1 Å². The largest absolute Gasteiger partial charge is 0.443 e. The zero-order chi connectivity index (χ0) is 16.5. The van der Waals surface area contributed by atoms with Gasteiger partial charge in [-0.15, -0.1) is 0 Å². The fourth-order valence-electron chi connectivity index (χ4n) is 1.95. The van der Waals surface area contributed by atoms with Gasteiger partial charge in [-0.2, -0.15) is 0 Å². The standard InChI is InChI=1S/C16H20ClN3O2/c1-9(15-19-8-13(22-15)16(2,3)4)20-10-5-6-12(17)11(7-10)14(18)21/h5-9,20H,1-4H3,(H2,18,21)/t9-/m1/s1. The molecule has 1 aromatic heterocycles. The number of anilines is 1. The number of oxazole rings is 1. The van der Waals surface area contributed by atoms with Gasteiger partial charge in [-0.3, -0.25) is 4.79 Å². The Morgan fingerprint density at radius 3 is 2.64 bits per heavy atom. The lowest BCUT2D eigenvalue weighted by molar-refractivity contribution is 0.100. The van der Waals surface area contributed by atoms with Gasteiger partial charge in [0, 0.05) is 11.1 Å². The van der Waals surface area contributed by atoms with Crippen LogP contribution in [0.5, 0.6) is 0 Å². The number of primary amides is 1. The number of aromatic nitrogens is 1. The van der Waals surface area contributed by atoms with E-state index in [9.17, 15) is 4.79 Å². The number of nitrogens with one attached hydrogen (secondary N) is 1. The van der Waals surface area contributed by atoms with Gasteiger partial charge in [-0.1, -0.05) is 32.4 Å². The van der Waals surface area contributed by atoms with E-state index in [1.54, 1.807) is 24.4 Å². The first-order chi connectivity index (χ1) is 10.2. The lowest BCUT2D eigenvalue weighted by atomic mass is 9.94. The molecular weight excluding hydrogens is 302 g/mol. The normalized spacial score (nSPS) is 13.0. The lowest BCUT2D eigenvalue weighted by Gasteiger charge is -2.15. The highest BCUT2D eigenvalue weighted by atomic mass is 35.5. The summed E-state index contributed by atoms with van der Waals surface area (Å²) >= 11 is 5.94. The van der Waals surface area contributed by atoms with E-state index in [0.29, 0.717) is 10.9 Å². The van der Waals surface area contributed by atoms with Crippen LogP contribution in [0.15, 0.2) is 28.8 Å². The fourth-order valence-corrected chi connectivity index (χ4v) is 2.16. The number of halogens is 1. The van der Waals surface area contributed by atoms with E-state index in [4.69, 9.17) is 21.8 Å². The number of benzene rings is 1. The van der Waals surface area contributed by atoms with Crippen LogP contribution >= 0.6 is 11.6 Å². The first kappa shape index (κ1) is 16.4. The molecule has 0 aliphatic heterocycles. The van der Waals surface area contributed by atoms with Gasteiger partial charge in [0.2, 0.25) is 11.8 Å². The van der Waals surface area contributed by atoms with Gasteiger partial charge in [0.05, 0.1) is 16.8 Å². The third kappa shape index (κ3) is 3.60. The Bertz CT molecular complexity index is 689. The van der Waals surface area contributed by atoms with Gasteiger partial charge in [0.1, 0.15) is 11.8 Å². The van der Waals surface area contributed by atoms with Crippen molar-refractivity contribution in [2.45, 2.75) is 39.2 Å². The Labute approximate surface area is 134 Å². The van der Waals surface area contributed by atoms with Gasteiger partial charge in [-0.25, -0.2) is 4.98 Å². The van der Waals surface area contributed by atoms with E-state index in [1.807, 2.05) is 6.92 Å². The van der Waals surface area contributed by atoms with Gasteiger partial charge in [0.25, 0.3) is 0 Å². The maximum atomic E-state index is 11.3. The van der Waals surface area contributed by atoms with Crippen molar-refractivity contribution in [3.8, 4) is 0 Å². The Kier molecular flexibility index (Phi) is 4.47. The van der Waals surface area contributed by atoms with Crippen LogP contribution in [0.25, 0.3) is 0 Å². The molecule has 1 amide bonds. The minimum Gasteiger partial charge on any atom is -0.443 e. The molecule has 6 heteroatoms. The molecule has 1 atom stereocenters. The van der Waals surface area contributed by atoms with Crippen LogP contribution in [-0.4, -0.2) is 10.9 Å². The molecule has 0 aliphatic rings. The van der Waals surface area contributed by atoms with E-state index in [0.717, 1.165) is 11.4 Å². The Morgan fingerprint density at radius 2 is 2.09 bits per heavy atom. The molecule has 1 heterocycles. The summed E-state index contributed by atoms with van der Waals surface area (Å²) in [6.07, 6.45) is 1.74. The predicted octanol–water partition coefficient (Wildman–Crippen LogP) is 3.90. The van der Waals surface area contributed by atoms with Gasteiger partial charge in [0.15, 0.2) is 0 Å². The van der Waals surface area contributed by atoms with Crippen molar-refractivity contribution < 1.29 is 9.21 Å². The number of carbonyl (C=O) groups is 1. The number of hydrogen-bond donors (Lipinski definition) is 2. The van der Waals surface area contributed by atoms with Crippen LogP contribution < -0.4 is 11.1 Å². The second-order valence-corrected chi connectivity index (χ2v) is 6.64. The molecule has 0 spiro atoms. The van der Waals surface area contributed by atoms with Crippen molar-refractivity contribution in [1.29, 1.82) is 0 Å². The Morgan fingerprint density at radius 1 is 1.41 bits per heavy atom. The van der Waals surface area contributed by atoms with Crippen LogP contribution in [0.1, 0.15) is 55.7 Å². The van der Waals surface area contributed by atoms with E-state index in [-0.39, 0.29) is 17.0 Å². The third-order valence-electron chi connectivity index (χ3n) is 3.25.